The Kier molecular flexibility index (Phi) is 5.61. The van der Waals surface area contributed by atoms with Gasteiger partial charge in [0, 0.05) is 30.0 Å². The smallest absolute Gasteiger partial charge is 0.328 e. The van der Waals surface area contributed by atoms with Gasteiger partial charge in [-0.2, -0.15) is 0 Å². The van der Waals surface area contributed by atoms with Gasteiger partial charge in [0.1, 0.15) is 0 Å². The molecule has 1 aliphatic rings. The van der Waals surface area contributed by atoms with Crippen molar-refractivity contribution in [3.8, 4) is 0 Å². The van der Waals surface area contributed by atoms with Crippen LogP contribution < -0.4 is 10.2 Å². The zero-order valence-electron chi connectivity index (χ0n) is 15.2. The summed E-state index contributed by atoms with van der Waals surface area (Å²) in [5, 5.41) is 10.9. The van der Waals surface area contributed by atoms with Gasteiger partial charge in [0.2, 0.25) is 15.7 Å². The lowest BCUT2D eigenvalue weighted by Gasteiger charge is -2.14. The Morgan fingerprint density at radius 3 is 1.83 bits per heavy atom. The topological polar surface area (TPSA) is 138 Å². The fourth-order valence-electron chi connectivity index (χ4n) is 2.61. The molecule has 1 heterocycles. The fourth-order valence-corrected chi connectivity index (χ4v) is 3.87. The Morgan fingerprint density at radius 1 is 0.833 bits per heavy atom. The summed E-state index contributed by atoms with van der Waals surface area (Å²) in [6, 6.07) is 10.6. The summed E-state index contributed by atoms with van der Waals surface area (Å²) in [5.74, 6) is -2.96. The number of aliphatic carboxylic acids is 1. The van der Waals surface area contributed by atoms with Crippen molar-refractivity contribution in [2.45, 2.75) is 9.79 Å². The van der Waals surface area contributed by atoms with E-state index in [-0.39, 0.29) is 21.2 Å². The average molecular weight is 426 g/mol. The minimum Gasteiger partial charge on any atom is -0.478 e. The van der Waals surface area contributed by atoms with E-state index in [1.807, 2.05) is 0 Å². The molecule has 0 aromatic heterocycles. The standard InChI is InChI=1S/C20H14N2O7S/c23-17(9-12-20(26)27)21-13-1-5-15(6-2-13)30(28,29)16-7-3-14(4-8-16)22-18(24)10-11-19(22)25/h1-12H,(H,21,23)(H,26,27)/b12-9+. The van der Waals surface area contributed by atoms with Gasteiger partial charge >= 0.3 is 5.97 Å². The van der Waals surface area contributed by atoms with Gasteiger partial charge in [-0.3, -0.25) is 14.4 Å². The van der Waals surface area contributed by atoms with E-state index in [1.54, 1.807) is 0 Å². The number of hydrogen-bond acceptors (Lipinski definition) is 6. The number of sulfone groups is 1. The average Bonchev–Trinajstić information content (AvgIpc) is 3.05. The molecule has 0 radical (unpaired) electrons. The summed E-state index contributed by atoms with van der Waals surface area (Å²) in [5.41, 5.74) is 0.532. The summed E-state index contributed by atoms with van der Waals surface area (Å²) in [6.07, 6.45) is 3.77. The molecule has 0 atom stereocenters. The van der Waals surface area contributed by atoms with Crippen LogP contribution in [0.25, 0.3) is 0 Å². The molecule has 152 valence electrons. The minimum atomic E-state index is -3.88. The number of carboxylic acids is 1. The lowest BCUT2D eigenvalue weighted by atomic mass is 10.3. The van der Waals surface area contributed by atoms with Gasteiger partial charge in [0.15, 0.2) is 0 Å². The number of amides is 3. The van der Waals surface area contributed by atoms with E-state index < -0.39 is 33.5 Å². The predicted octanol–water partition coefficient (Wildman–Crippen LogP) is 1.53. The van der Waals surface area contributed by atoms with E-state index in [2.05, 4.69) is 5.32 Å². The molecular formula is C20H14N2O7S. The zero-order valence-corrected chi connectivity index (χ0v) is 16.0. The normalized spacial score (nSPS) is 13.8. The third-order valence-corrected chi connectivity index (χ3v) is 5.81. The number of nitrogens with zero attached hydrogens (tertiary/aromatic N) is 1. The van der Waals surface area contributed by atoms with Crippen LogP contribution in [0.1, 0.15) is 0 Å². The van der Waals surface area contributed by atoms with Crippen LogP contribution in [-0.2, 0) is 29.0 Å². The molecule has 1 aliphatic heterocycles. The van der Waals surface area contributed by atoms with E-state index in [1.165, 1.54) is 48.5 Å². The lowest BCUT2D eigenvalue weighted by molar-refractivity contribution is -0.131. The van der Waals surface area contributed by atoms with Crippen LogP contribution in [0.3, 0.4) is 0 Å². The highest BCUT2D eigenvalue weighted by atomic mass is 32.2. The van der Waals surface area contributed by atoms with E-state index in [0.717, 1.165) is 23.1 Å². The molecule has 0 saturated carbocycles. The first-order chi connectivity index (χ1) is 14.2. The summed E-state index contributed by atoms with van der Waals surface area (Å²) < 4.78 is 25.6. The van der Waals surface area contributed by atoms with Crippen LogP contribution in [0, 0.1) is 0 Å². The summed E-state index contributed by atoms with van der Waals surface area (Å²) in [7, 11) is -3.88. The van der Waals surface area contributed by atoms with Crippen molar-refractivity contribution in [3.05, 3.63) is 72.8 Å². The molecule has 0 fully saturated rings. The zero-order chi connectivity index (χ0) is 21.9. The van der Waals surface area contributed by atoms with E-state index in [4.69, 9.17) is 5.11 Å². The Hall–Kier alpha value is -4.05. The van der Waals surface area contributed by atoms with E-state index in [0.29, 0.717) is 6.08 Å². The molecule has 2 aromatic carbocycles. The van der Waals surface area contributed by atoms with Crippen LogP contribution in [0.4, 0.5) is 11.4 Å². The second-order valence-electron chi connectivity index (χ2n) is 6.03. The van der Waals surface area contributed by atoms with Crippen molar-refractivity contribution in [2.24, 2.45) is 0 Å². The van der Waals surface area contributed by atoms with Gasteiger partial charge in [0.25, 0.3) is 11.8 Å². The SMILES string of the molecule is O=C(O)/C=C/C(=O)Nc1ccc(S(=O)(=O)c2ccc(N3C(=O)C=CC3=O)cc2)cc1. The Bertz CT molecular complexity index is 1180. The quantitative estimate of drug-likeness (QED) is 0.528. The first-order valence-electron chi connectivity index (χ1n) is 8.42. The maximum Gasteiger partial charge on any atom is 0.328 e. The lowest BCUT2D eigenvalue weighted by Crippen LogP contribution is -2.29. The Labute approximate surface area is 170 Å². The number of rotatable bonds is 6. The maximum absolute atomic E-state index is 12.8. The molecule has 2 N–H and O–H groups in total. The molecule has 3 rings (SSSR count). The molecule has 9 nitrogen and oxygen atoms in total. The molecular weight excluding hydrogens is 412 g/mol. The molecule has 0 aliphatic carbocycles. The number of nitrogens with one attached hydrogen (secondary N) is 1. The molecule has 0 spiro atoms. The Morgan fingerprint density at radius 2 is 1.33 bits per heavy atom. The molecule has 3 amide bonds. The van der Waals surface area contributed by atoms with Crippen molar-refractivity contribution >= 4 is 44.9 Å². The predicted molar refractivity (Wildman–Crippen MR) is 105 cm³/mol. The third-order valence-electron chi connectivity index (χ3n) is 4.02. The number of benzene rings is 2. The molecule has 2 aromatic rings. The third kappa shape index (κ3) is 4.33. The highest BCUT2D eigenvalue weighted by molar-refractivity contribution is 7.91. The number of carboxylic acid groups (broad SMARTS) is 1. The minimum absolute atomic E-state index is 0.0377. The van der Waals surface area contributed by atoms with Crippen molar-refractivity contribution in [2.75, 3.05) is 10.2 Å². The van der Waals surface area contributed by atoms with E-state index >= 15 is 0 Å². The van der Waals surface area contributed by atoms with Gasteiger partial charge in [-0.15, -0.1) is 0 Å². The van der Waals surface area contributed by atoms with Gasteiger partial charge in [0.05, 0.1) is 15.5 Å². The van der Waals surface area contributed by atoms with Crippen molar-refractivity contribution in [3.63, 3.8) is 0 Å². The highest BCUT2D eigenvalue weighted by Gasteiger charge is 2.26. The van der Waals surface area contributed by atoms with Gasteiger partial charge in [-0.25, -0.2) is 18.1 Å². The van der Waals surface area contributed by atoms with Crippen LogP contribution in [0.2, 0.25) is 0 Å². The van der Waals surface area contributed by atoms with Crippen molar-refractivity contribution in [1.82, 2.24) is 0 Å². The maximum atomic E-state index is 12.8. The molecule has 0 bridgehead atoms. The number of imide groups is 1. The second-order valence-corrected chi connectivity index (χ2v) is 7.98. The summed E-state index contributed by atoms with van der Waals surface area (Å²) in [6.45, 7) is 0. The van der Waals surface area contributed by atoms with Crippen LogP contribution in [0.5, 0.6) is 0 Å². The fraction of sp³-hybridized carbons (Fsp3) is 0. The summed E-state index contributed by atoms with van der Waals surface area (Å²) in [4.78, 5) is 46.2. The van der Waals surface area contributed by atoms with Crippen LogP contribution >= 0.6 is 0 Å². The number of carbonyl (C=O) groups excluding carboxylic acids is 3. The molecule has 0 saturated heterocycles. The second kappa shape index (κ2) is 8.13. The summed E-state index contributed by atoms with van der Waals surface area (Å²) >= 11 is 0. The molecule has 0 unspecified atom stereocenters. The van der Waals surface area contributed by atoms with E-state index in [9.17, 15) is 27.6 Å². The Balaban J connectivity index is 1.77. The monoisotopic (exact) mass is 426 g/mol. The number of hydrogen-bond donors (Lipinski definition) is 2. The highest BCUT2D eigenvalue weighted by Crippen LogP contribution is 2.26. The largest absolute Gasteiger partial charge is 0.478 e. The first-order valence-corrected chi connectivity index (χ1v) is 9.90. The molecule has 10 heteroatoms. The van der Waals surface area contributed by atoms with Crippen LogP contribution in [0.15, 0.2) is 82.6 Å². The van der Waals surface area contributed by atoms with Gasteiger partial charge in [-0.05, 0) is 48.5 Å². The van der Waals surface area contributed by atoms with Gasteiger partial charge < -0.3 is 10.4 Å². The van der Waals surface area contributed by atoms with Crippen molar-refractivity contribution in [1.29, 1.82) is 0 Å². The van der Waals surface area contributed by atoms with Gasteiger partial charge in [-0.1, -0.05) is 0 Å². The first kappa shape index (κ1) is 20.7. The number of anilines is 2. The van der Waals surface area contributed by atoms with Crippen LogP contribution in [-0.4, -0.2) is 37.2 Å². The molecule has 30 heavy (non-hydrogen) atoms. The number of carbonyl (C=O) groups is 4. The van der Waals surface area contributed by atoms with Crippen molar-refractivity contribution < 1.29 is 32.7 Å².